The molecule has 1 heterocycles. The largest absolute Gasteiger partial charge is 0.461 e. The first-order valence-corrected chi connectivity index (χ1v) is 15.1. The van der Waals surface area contributed by atoms with Crippen LogP contribution in [0.2, 0.25) is 0 Å². The summed E-state index contributed by atoms with van der Waals surface area (Å²) >= 11 is 0. The number of carbonyl (C=O) groups excluding carboxylic acids is 3. The number of carbonyl (C=O) groups is 3. The summed E-state index contributed by atoms with van der Waals surface area (Å²) in [5, 5.41) is 4.91. The maximum absolute atomic E-state index is 12.5. The second-order valence-electron chi connectivity index (χ2n) is 13.8. The molecule has 0 radical (unpaired) electrons. The summed E-state index contributed by atoms with van der Waals surface area (Å²) in [7, 11) is 0. The van der Waals surface area contributed by atoms with Crippen molar-refractivity contribution in [2.75, 3.05) is 13.1 Å². The van der Waals surface area contributed by atoms with E-state index in [4.69, 9.17) is 9.47 Å². The number of rotatable bonds is 6. The molecule has 2 fully saturated rings. The van der Waals surface area contributed by atoms with Crippen LogP contribution < -0.4 is 10.6 Å². The Labute approximate surface area is 243 Å². The molecule has 2 saturated carbocycles. The van der Waals surface area contributed by atoms with Crippen LogP contribution in [0.1, 0.15) is 85.1 Å². The summed E-state index contributed by atoms with van der Waals surface area (Å²) in [6, 6.07) is 4.24. The molecule has 1 aromatic rings. The first-order chi connectivity index (χ1) is 19.4. The number of alkyl carbamates (subject to hydrolysis) is 1. The van der Waals surface area contributed by atoms with E-state index < -0.39 is 23.6 Å². The Morgan fingerprint density at radius 3 is 2.51 bits per heavy atom. The number of esters is 1. The van der Waals surface area contributed by atoms with Crippen LogP contribution in [0.4, 0.5) is 4.79 Å². The summed E-state index contributed by atoms with van der Waals surface area (Å²) in [5.74, 6) is 1.04. The molecule has 4 aliphatic rings. The van der Waals surface area contributed by atoms with Gasteiger partial charge in [-0.25, -0.2) is 4.79 Å². The van der Waals surface area contributed by atoms with E-state index in [1.807, 2.05) is 18.5 Å². The van der Waals surface area contributed by atoms with E-state index in [-0.39, 0.29) is 30.0 Å². The molecule has 6 atom stereocenters. The minimum atomic E-state index is -0.677. The number of hydrogen-bond donors (Lipinski definition) is 2. The predicted octanol–water partition coefficient (Wildman–Crippen LogP) is 5.59. The molecule has 2 N–H and O–H groups in total. The predicted molar refractivity (Wildman–Crippen MR) is 156 cm³/mol. The van der Waals surface area contributed by atoms with Gasteiger partial charge in [0.2, 0.25) is 5.91 Å². The molecule has 41 heavy (non-hydrogen) atoms. The molecule has 4 aliphatic carbocycles. The summed E-state index contributed by atoms with van der Waals surface area (Å²) in [6.45, 7) is 9.67. The number of amides is 2. The second-order valence-corrected chi connectivity index (χ2v) is 13.8. The molecule has 1 aromatic heterocycles. The number of fused-ring (bicyclic) bond motifs is 5. The van der Waals surface area contributed by atoms with Gasteiger partial charge in [-0.15, -0.1) is 0 Å². The van der Waals surface area contributed by atoms with Gasteiger partial charge in [-0.05, 0) is 105 Å². The van der Waals surface area contributed by atoms with Crippen molar-refractivity contribution < 1.29 is 23.9 Å². The highest BCUT2D eigenvalue weighted by atomic mass is 16.6. The standard InChI is InChI=1S/C33H45N3O5/c1-31(2,3)41-30(39)36-19-28(37)35-20-29(38)40-23-12-14-32(4)22(17-23)8-9-24-26-11-10-25(21-7-6-16-34-18-21)33(26,5)15-13-27(24)32/h6-8,10,16,18,23-24,26-27H,9,11-15,17,19-20H2,1-5H3,(H,35,37)(H,36,39). The Hall–Kier alpha value is -3.16. The molecule has 5 rings (SSSR count). The average molecular weight is 564 g/mol. The van der Waals surface area contributed by atoms with Gasteiger partial charge in [0.25, 0.3) is 0 Å². The third-order valence-corrected chi connectivity index (χ3v) is 10.1. The fourth-order valence-corrected chi connectivity index (χ4v) is 8.19. The second kappa shape index (κ2) is 11.3. The van der Waals surface area contributed by atoms with Gasteiger partial charge >= 0.3 is 12.1 Å². The van der Waals surface area contributed by atoms with E-state index in [0.29, 0.717) is 17.8 Å². The van der Waals surface area contributed by atoms with E-state index in [2.05, 4.69) is 47.7 Å². The van der Waals surface area contributed by atoms with Gasteiger partial charge in [0, 0.05) is 18.8 Å². The van der Waals surface area contributed by atoms with E-state index in [1.54, 1.807) is 20.8 Å². The summed E-state index contributed by atoms with van der Waals surface area (Å²) in [6.07, 6.45) is 15.2. The van der Waals surface area contributed by atoms with Crippen LogP contribution in [0.5, 0.6) is 0 Å². The van der Waals surface area contributed by atoms with Crippen LogP contribution in [0.3, 0.4) is 0 Å². The Balaban J connectivity index is 1.13. The highest BCUT2D eigenvalue weighted by Gasteiger charge is 2.57. The maximum Gasteiger partial charge on any atom is 0.408 e. The van der Waals surface area contributed by atoms with E-state index in [9.17, 15) is 14.4 Å². The molecular formula is C33H45N3O5. The first-order valence-electron chi connectivity index (χ1n) is 15.1. The zero-order valence-corrected chi connectivity index (χ0v) is 25.1. The molecular weight excluding hydrogens is 518 g/mol. The van der Waals surface area contributed by atoms with Crippen molar-refractivity contribution >= 4 is 23.5 Å². The number of aromatic nitrogens is 1. The summed E-state index contributed by atoms with van der Waals surface area (Å²) < 4.78 is 10.9. The van der Waals surface area contributed by atoms with Gasteiger partial charge in [0.05, 0.1) is 0 Å². The highest BCUT2D eigenvalue weighted by Crippen LogP contribution is 2.66. The van der Waals surface area contributed by atoms with Gasteiger partial charge in [-0.3, -0.25) is 14.6 Å². The van der Waals surface area contributed by atoms with Crippen molar-refractivity contribution in [1.29, 1.82) is 0 Å². The highest BCUT2D eigenvalue weighted by molar-refractivity contribution is 5.85. The zero-order chi connectivity index (χ0) is 29.4. The molecule has 8 heteroatoms. The van der Waals surface area contributed by atoms with Crippen molar-refractivity contribution in [2.24, 2.45) is 28.6 Å². The van der Waals surface area contributed by atoms with Crippen LogP contribution in [0, 0.1) is 28.6 Å². The lowest BCUT2D eigenvalue weighted by Crippen LogP contribution is -2.50. The number of hydrogen-bond acceptors (Lipinski definition) is 6. The molecule has 0 aromatic carbocycles. The third kappa shape index (κ3) is 6.07. The van der Waals surface area contributed by atoms with E-state index in [0.717, 1.165) is 32.1 Å². The molecule has 2 amide bonds. The number of nitrogens with zero attached hydrogens (tertiary/aromatic N) is 1. The number of pyridine rings is 1. The van der Waals surface area contributed by atoms with Crippen molar-refractivity contribution in [1.82, 2.24) is 15.6 Å². The monoisotopic (exact) mass is 563 g/mol. The lowest BCUT2D eigenvalue weighted by atomic mass is 9.47. The van der Waals surface area contributed by atoms with Gasteiger partial charge in [-0.1, -0.05) is 37.6 Å². The quantitative estimate of drug-likeness (QED) is 0.345. The Kier molecular flexibility index (Phi) is 8.05. The third-order valence-electron chi connectivity index (χ3n) is 10.1. The Morgan fingerprint density at radius 1 is 1.00 bits per heavy atom. The maximum atomic E-state index is 12.5. The summed E-state index contributed by atoms with van der Waals surface area (Å²) in [5.41, 5.74) is 3.89. The Bertz CT molecular complexity index is 1240. The fraction of sp³-hybridized carbons (Fsp3) is 0.636. The van der Waals surface area contributed by atoms with Crippen LogP contribution in [0.15, 0.2) is 42.3 Å². The number of nitrogens with one attached hydrogen (secondary N) is 2. The lowest BCUT2D eigenvalue weighted by molar-refractivity contribution is -0.151. The number of ether oxygens (including phenoxy) is 2. The van der Waals surface area contributed by atoms with Gasteiger partial charge in [-0.2, -0.15) is 0 Å². The zero-order valence-electron chi connectivity index (χ0n) is 25.1. The molecule has 8 nitrogen and oxygen atoms in total. The van der Waals surface area contributed by atoms with E-state index in [1.165, 1.54) is 29.6 Å². The van der Waals surface area contributed by atoms with Gasteiger partial charge < -0.3 is 20.1 Å². The minimum Gasteiger partial charge on any atom is -0.461 e. The van der Waals surface area contributed by atoms with Gasteiger partial charge in [0.1, 0.15) is 24.8 Å². The smallest absolute Gasteiger partial charge is 0.408 e. The van der Waals surface area contributed by atoms with Crippen molar-refractivity contribution in [3.63, 3.8) is 0 Å². The fourth-order valence-electron chi connectivity index (χ4n) is 8.19. The molecule has 0 aliphatic heterocycles. The van der Waals surface area contributed by atoms with Crippen molar-refractivity contribution in [3.8, 4) is 0 Å². The molecule has 222 valence electrons. The van der Waals surface area contributed by atoms with E-state index >= 15 is 0 Å². The lowest BCUT2D eigenvalue weighted by Gasteiger charge is -2.57. The van der Waals surface area contributed by atoms with Crippen molar-refractivity contribution in [3.05, 3.63) is 47.8 Å². The molecule has 0 saturated heterocycles. The van der Waals surface area contributed by atoms with Crippen LogP contribution in [0.25, 0.3) is 5.57 Å². The topological polar surface area (TPSA) is 107 Å². The normalized spacial score (nSPS) is 32.3. The average Bonchev–Trinajstić information content (AvgIpc) is 3.28. The first kappa shape index (κ1) is 29.3. The van der Waals surface area contributed by atoms with Crippen molar-refractivity contribution in [2.45, 2.75) is 91.3 Å². The molecule has 0 bridgehead atoms. The number of allylic oxidation sites excluding steroid dienone is 3. The van der Waals surface area contributed by atoms with Crippen LogP contribution >= 0.6 is 0 Å². The summed E-state index contributed by atoms with van der Waals surface area (Å²) in [4.78, 5) is 40.7. The SMILES string of the molecule is CC(C)(C)OC(=O)NCC(=O)NCC(=O)OC1CCC2(C)C(=CCC3C2CCC2(C)C(c4cccnc4)=CCC32)C1. The molecule has 0 spiro atoms. The minimum absolute atomic E-state index is 0.145. The Morgan fingerprint density at radius 2 is 1.78 bits per heavy atom. The van der Waals surface area contributed by atoms with Gasteiger partial charge in [0.15, 0.2) is 0 Å². The van der Waals surface area contributed by atoms with Crippen LogP contribution in [-0.4, -0.2) is 47.7 Å². The van der Waals surface area contributed by atoms with Crippen LogP contribution in [-0.2, 0) is 19.1 Å². The molecule has 6 unspecified atom stereocenters.